The van der Waals surface area contributed by atoms with Crippen molar-refractivity contribution in [3.05, 3.63) is 18.0 Å². The zero-order valence-electron chi connectivity index (χ0n) is 14.2. The molecule has 1 saturated heterocycles. The summed E-state index contributed by atoms with van der Waals surface area (Å²) in [6, 6.07) is 1.91. The van der Waals surface area contributed by atoms with Crippen LogP contribution in [0.2, 0.25) is 0 Å². The van der Waals surface area contributed by atoms with Crippen LogP contribution in [0.1, 0.15) is 43.1 Å². The summed E-state index contributed by atoms with van der Waals surface area (Å²) in [5.74, 6) is 0.699. The topological polar surface area (TPSA) is 78.7 Å². The second-order valence-electron chi connectivity index (χ2n) is 6.99. The molecular weight excluding hydrogens is 308 g/mol. The fraction of sp³-hybridized carbons (Fsp3) is 0.706. The molecule has 0 radical (unpaired) electrons. The van der Waals surface area contributed by atoms with Crippen molar-refractivity contribution in [2.75, 3.05) is 32.7 Å². The molecule has 2 heterocycles. The van der Waals surface area contributed by atoms with Gasteiger partial charge in [0.05, 0.1) is 6.54 Å². The van der Waals surface area contributed by atoms with Gasteiger partial charge in [0.25, 0.3) is 5.91 Å². The van der Waals surface area contributed by atoms with Crippen LogP contribution in [0.4, 0.5) is 0 Å². The third-order valence-electron chi connectivity index (χ3n) is 4.99. The van der Waals surface area contributed by atoms with Crippen molar-refractivity contribution in [3.63, 3.8) is 0 Å². The van der Waals surface area contributed by atoms with Gasteiger partial charge >= 0.3 is 0 Å². The van der Waals surface area contributed by atoms with Gasteiger partial charge in [-0.1, -0.05) is 24.9 Å². The van der Waals surface area contributed by atoms with Crippen LogP contribution in [-0.4, -0.2) is 65.5 Å². The van der Waals surface area contributed by atoms with Gasteiger partial charge < -0.3 is 14.7 Å². The third-order valence-corrected chi connectivity index (χ3v) is 4.99. The number of hydrogen-bond acceptors (Lipinski definition) is 5. The van der Waals surface area contributed by atoms with Crippen molar-refractivity contribution >= 4 is 11.8 Å². The molecule has 1 aliphatic carbocycles. The summed E-state index contributed by atoms with van der Waals surface area (Å²) in [5, 5.41) is 6.86. The van der Waals surface area contributed by atoms with Crippen molar-refractivity contribution in [1.82, 2.24) is 20.3 Å². The van der Waals surface area contributed by atoms with Crippen LogP contribution in [0.3, 0.4) is 0 Å². The number of nitrogens with one attached hydrogen (secondary N) is 1. The predicted octanol–water partition coefficient (Wildman–Crippen LogP) is 1.13. The Morgan fingerprint density at radius 1 is 1.29 bits per heavy atom. The molecule has 0 spiro atoms. The number of amides is 2. The van der Waals surface area contributed by atoms with E-state index in [2.05, 4.69) is 22.3 Å². The van der Waals surface area contributed by atoms with Crippen LogP contribution in [0.5, 0.6) is 0 Å². The molecule has 0 bridgehead atoms. The second-order valence-corrected chi connectivity index (χ2v) is 6.99. The van der Waals surface area contributed by atoms with E-state index in [0.29, 0.717) is 50.4 Å². The zero-order chi connectivity index (χ0) is 16.9. The molecular formula is C17H26N4O3. The lowest BCUT2D eigenvalue weighted by atomic mass is 9.87. The van der Waals surface area contributed by atoms with E-state index in [0.717, 1.165) is 12.8 Å². The molecule has 24 heavy (non-hydrogen) atoms. The SMILES string of the molecule is CC1CCCC(NC(=O)CN2CCN(C(=O)c3ccon3)CC2)C1. The second kappa shape index (κ2) is 7.79. The Kier molecular flexibility index (Phi) is 5.50. The van der Waals surface area contributed by atoms with Gasteiger partial charge in [0.2, 0.25) is 5.91 Å². The number of hydrogen-bond donors (Lipinski definition) is 1. The molecule has 1 aromatic heterocycles. The fourth-order valence-corrected chi connectivity index (χ4v) is 3.64. The van der Waals surface area contributed by atoms with Crippen LogP contribution in [-0.2, 0) is 4.79 Å². The van der Waals surface area contributed by atoms with Gasteiger partial charge in [-0.3, -0.25) is 14.5 Å². The van der Waals surface area contributed by atoms with E-state index in [1.165, 1.54) is 19.1 Å². The molecule has 0 aromatic carbocycles. The first-order valence-electron chi connectivity index (χ1n) is 8.83. The Morgan fingerprint density at radius 2 is 2.08 bits per heavy atom. The first kappa shape index (κ1) is 17.0. The van der Waals surface area contributed by atoms with Crippen LogP contribution >= 0.6 is 0 Å². The summed E-state index contributed by atoms with van der Waals surface area (Å²) in [5.41, 5.74) is 0.340. The molecule has 1 N–H and O–H groups in total. The average molecular weight is 334 g/mol. The monoisotopic (exact) mass is 334 g/mol. The van der Waals surface area contributed by atoms with E-state index in [1.54, 1.807) is 11.0 Å². The molecule has 1 saturated carbocycles. The molecule has 3 rings (SSSR count). The highest BCUT2D eigenvalue weighted by molar-refractivity contribution is 5.92. The van der Waals surface area contributed by atoms with Crippen molar-refractivity contribution in [2.24, 2.45) is 5.92 Å². The van der Waals surface area contributed by atoms with Crippen LogP contribution in [0.25, 0.3) is 0 Å². The van der Waals surface area contributed by atoms with Gasteiger partial charge in [0.1, 0.15) is 6.26 Å². The molecule has 2 aliphatic rings. The normalized spacial score (nSPS) is 25.5. The van der Waals surface area contributed by atoms with Crippen molar-refractivity contribution in [2.45, 2.75) is 38.6 Å². The van der Waals surface area contributed by atoms with E-state index >= 15 is 0 Å². The maximum absolute atomic E-state index is 12.2. The lowest BCUT2D eigenvalue weighted by Crippen LogP contribution is -2.52. The Labute approximate surface area is 142 Å². The molecule has 7 heteroatoms. The molecule has 2 unspecified atom stereocenters. The maximum atomic E-state index is 12.2. The Hall–Kier alpha value is -1.89. The number of rotatable bonds is 4. The number of aromatic nitrogens is 1. The van der Waals surface area contributed by atoms with E-state index in [4.69, 9.17) is 4.52 Å². The quantitative estimate of drug-likeness (QED) is 0.893. The molecule has 7 nitrogen and oxygen atoms in total. The lowest BCUT2D eigenvalue weighted by molar-refractivity contribution is -0.123. The van der Waals surface area contributed by atoms with Gasteiger partial charge in [0.15, 0.2) is 5.69 Å². The summed E-state index contributed by atoms with van der Waals surface area (Å²) in [4.78, 5) is 28.3. The highest BCUT2D eigenvalue weighted by atomic mass is 16.5. The number of carbonyl (C=O) groups excluding carboxylic acids is 2. The van der Waals surface area contributed by atoms with Crippen LogP contribution in [0, 0.1) is 5.92 Å². The first-order valence-corrected chi connectivity index (χ1v) is 8.83. The van der Waals surface area contributed by atoms with E-state index < -0.39 is 0 Å². The molecule has 2 amide bonds. The van der Waals surface area contributed by atoms with Crippen LogP contribution in [0.15, 0.2) is 16.9 Å². The summed E-state index contributed by atoms with van der Waals surface area (Å²) in [7, 11) is 0. The molecule has 2 fully saturated rings. The predicted molar refractivity (Wildman–Crippen MR) is 88.4 cm³/mol. The highest BCUT2D eigenvalue weighted by Gasteiger charge is 2.26. The number of piperazine rings is 1. The lowest BCUT2D eigenvalue weighted by Gasteiger charge is -2.34. The smallest absolute Gasteiger partial charge is 0.276 e. The fourth-order valence-electron chi connectivity index (χ4n) is 3.64. The first-order chi connectivity index (χ1) is 11.6. The van der Waals surface area contributed by atoms with E-state index in [-0.39, 0.29) is 11.8 Å². The van der Waals surface area contributed by atoms with Gasteiger partial charge in [-0.25, -0.2) is 0 Å². The molecule has 2 atom stereocenters. The largest absolute Gasteiger partial charge is 0.364 e. The van der Waals surface area contributed by atoms with Gasteiger partial charge in [-0.2, -0.15) is 0 Å². The zero-order valence-corrected chi connectivity index (χ0v) is 14.2. The minimum Gasteiger partial charge on any atom is -0.364 e. The molecule has 1 aromatic rings. The minimum absolute atomic E-state index is 0.102. The minimum atomic E-state index is -0.107. The Balaban J connectivity index is 1.40. The standard InChI is InChI=1S/C17H26N4O3/c1-13-3-2-4-14(11-13)18-16(22)12-20-6-8-21(9-7-20)17(23)15-5-10-24-19-15/h5,10,13-14H,2-4,6-9,11-12H2,1H3,(H,18,22). The van der Waals surface area contributed by atoms with Crippen molar-refractivity contribution < 1.29 is 14.1 Å². The maximum Gasteiger partial charge on any atom is 0.276 e. The molecule has 132 valence electrons. The van der Waals surface area contributed by atoms with Gasteiger partial charge in [0, 0.05) is 38.3 Å². The summed E-state index contributed by atoms with van der Waals surface area (Å²) in [6.07, 6.45) is 6.06. The third kappa shape index (κ3) is 4.35. The van der Waals surface area contributed by atoms with Gasteiger partial charge in [-0.15, -0.1) is 0 Å². The van der Waals surface area contributed by atoms with E-state index in [1.807, 2.05) is 0 Å². The Bertz CT molecular complexity index is 552. The average Bonchev–Trinajstić information content (AvgIpc) is 3.09. The molecule has 1 aliphatic heterocycles. The van der Waals surface area contributed by atoms with Crippen LogP contribution < -0.4 is 5.32 Å². The summed E-state index contributed by atoms with van der Waals surface area (Å²) >= 11 is 0. The summed E-state index contributed by atoms with van der Waals surface area (Å²) < 4.78 is 4.72. The number of carbonyl (C=O) groups is 2. The Morgan fingerprint density at radius 3 is 2.75 bits per heavy atom. The van der Waals surface area contributed by atoms with Crippen molar-refractivity contribution in [3.8, 4) is 0 Å². The summed E-state index contributed by atoms with van der Waals surface area (Å²) in [6.45, 7) is 5.30. The number of nitrogens with zero attached hydrogens (tertiary/aromatic N) is 3. The van der Waals surface area contributed by atoms with Crippen molar-refractivity contribution in [1.29, 1.82) is 0 Å². The van der Waals surface area contributed by atoms with E-state index in [9.17, 15) is 9.59 Å². The van der Waals surface area contributed by atoms with Gasteiger partial charge in [-0.05, 0) is 18.8 Å². The highest BCUT2D eigenvalue weighted by Crippen LogP contribution is 2.23.